The summed E-state index contributed by atoms with van der Waals surface area (Å²) < 4.78 is 27.4. The number of anilines is 1. The molecule has 9 heteroatoms. The van der Waals surface area contributed by atoms with Crippen LogP contribution in [-0.2, 0) is 10.0 Å². The minimum atomic E-state index is -3.66. The summed E-state index contributed by atoms with van der Waals surface area (Å²) in [7, 11) is -3.66. The number of hydrogen-bond acceptors (Lipinski definition) is 5. The van der Waals surface area contributed by atoms with Crippen LogP contribution in [0.4, 0.5) is 11.4 Å². The second kappa shape index (κ2) is 8.71. The molecule has 1 amide bonds. The number of carbonyl (C=O) groups excluding carboxylic acids is 1. The zero-order valence-corrected chi connectivity index (χ0v) is 16.9. The predicted molar refractivity (Wildman–Crippen MR) is 109 cm³/mol. The highest BCUT2D eigenvalue weighted by Gasteiger charge is 2.26. The molecule has 2 aromatic carbocycles. The molecule has 0 saturated carbocycles. The summed E-state index contributed by atoms with van der Waals surface area (Å²) in [5.41, 5.74) is 0.302. The SMILES string of the molecule is Cc1cccc(C(=O)Nc2cccc(S(=O)(=O)N3CCCCCC3)c2)c1[N+](=O)[O-]. The molecular formula is C20H23N3O5S. The molecule has 0 aliphatic carbocycles. The van der Waals surface area contributed by atoms with Gasteiger partial charge in [-0.05, 0) is 44.0 Å². The average Bonchev–Trinajstić information content (AvgIpc) is 2.97. The maximum atomic E-state index is 13.0. The molecule has 8 nitrogen and oxygen atoms in total. The first-order chi connectivity index (χ1) is 13.8. The van der Waals surface area contributed by atoms with Crippen LogP contribution in [0.5, 0.6) is 0 Å². The Kier molecular flexibility index (Phi) is 6.29. The topological polar surface area (TPSA) is 110 Å². The molecule has 1 N–H and O–H groups in total. The minimum absolute atomic E-state index is 0.0734. The lowest BCUT2D eigenvalue weighted by Crippen LogP contribution is -2.32. The third-order valence-corrected chi connectivity index (χ3v) is 6.85. The van der Waals surface area contributed by atoms with E-state index >= 15 is 0 Å². The van der Waals surface area contributed by atoms with Crippen molar-refractivity contribution in [2.24, 2.45) is 0 Å². The number of amides is 1. The average molecular weight is 417 g/mol. The van der Waals surface area contributed by atoms with Crippen molar-refractivity contribution in [3.63, 3.8) is 0 Å². The van der Waals surface area contributed by atoms with Gasteiger partial charge in [-0.25, -0.2) is 8.42 Å². The van der Waals surface area contributed by atoms with Gasteiger partial charge in [-0.2, -0.15) is 4.31 Å². The van der Waals surface area contributed by atoms with E-state index in [2.05, 4.69) is 5.32 Å². The quantitative estimate of drug-likeness (QED) is 0.589. The van der Waals surface area contributed by atoms with Gasteiger partial charge in [0, 0.05) is 24.3 Å². The van der Waals surface area contributed by atoms with Crippen molar-refractivity contribution in [2.45, 2.75) is 37.5 Å². The summed E-state index contributed by atoms with van der Waals surface area (Å²) in [6.45, 7) is 2.52. The smallest absolute Gasteiger partial charge is 0.285 e. The van der Waals surface area contributed by atoms with Crippen molar-refractivity contribution in [1.82, 2.24) is 4.31 Å². The maximum Gasteiger partial charge on any atom is 0.285 e. The number of nitrogens with zero attached hydrogens (tertiary/aromatic N) is 2. The summed E-state index contributed by atoms with van der Waals surface area (Å²) in [5.74, 6) is -0.662. The number of benzene rings is 2. The van der Waals surface area contributed by atoms with Crippen LogP contribution in [0.3, 0.4) is 0 Å². The monoisotopic (exact) mass is 417 g/mol. The van der Waals surface area contributed by atoms with Crippen LogP contribution in [0.1, 0.15) is 41.6 Å². The number of carbonyl (C=O) groups is 1. The van der Waals surface area contributed by atoms with Crippen LogP contribution in [0.15, 0.2) is 47.4 Å². The Morgan fingerprint density at radius 1 is 1.07 bits per heavy atom. The Morgan fingerprint density at radius 3 is 2.38 bits per heavy atom. The highest BCUT2D eigenvalue weighted by atomic mass is 32.2. The van der Waals surface area contributed by atoms with Gasteiger partial charge in [0.2, 0.25) is 10.0 Å². The fraction of sp³-hybridized carbons (Fsp3) is 0.350. The molecule has 1 heterocycles. The number of sulfonamides is 1. The van der Waals surface area contributed by atoms with Gasteiger partial charge in [-0.15, -0.1) is 0 Å². The van der Waals surface area contributed by atoms with Gasteiger partial charge in [0.15, 0.2) is 0 Å². The maximum absolute atomic E-state index is 13.0. The van der Waals surface area contributed by atoms with Gasteiger partial charge in [0.05, 0.1) is 9.82 Å². The van der Waals surface area contributed by atoms with E-state index in [0.29, 0.717) is 18.7 Å². The summed E-state index contributed by atoms with van der Waals surface area (Å²) in [6.07, 6.45) is 3.67. The fourth-order valence-electron chi connectivity index (χ4n) is 3.45. The van der Waals surface area contributed by atoms with E-state index in [-0.39, 0.29) is 21.8 Å². The molecular weight excluding hydrogens is 394 g/mol. The largest absolute Gasteiger partial charge is 0.322 e. The molecule has 0 radical (unpaired) electrons. The molecule has 0 aromatic heterocycles. The fourth-order valence-corrected chi connectivity index (χ4v) is 5.01. The van der Waals surface area contributed by atoms with Crippen LogP contribution in [0, 0.1) is 17.0 Å². The highest BCUT2D eigenvalue weighted by Crippen LogP contribution is 2.26. The number of nitrogens with one attached hydrogen (secondary N) is 1. The lowest BCUT2D eigenvalue weighted by Gasteiger charge is -2.20. The molecule has 0 bridgehead atoms. The predicted octanol–water partition coefficient (Wildman–Crippen LogP) is 3.72. The van der Waals surface area contributed by atoms with Gasteiger partial charge in [-0.1, -0.05) is 31.0 Å². The Bertz CT molecular complexity index is 1030. The van der Waals surface area contributed by atoms with Crippen LogP contribution in [0.25, 0.3) is 0 Å². The van der Waals surface area contributed by atoms with E-state index in [1.54, 1.807) is 31.2 Å². The van der Waals surface area contributed by atoms with Crippen molar-refractivity contribution in [2.75, 3.05) is 18.4 Å². The van der Waals surface area contributed by atoms with Crippen molar-refractivity contribution in [3.05, 3.63) is 63.7 Å². The molecule has 3 rings (SSSR count). The van der Waals surface area contributed by atoms with Crippen LogP contribution < -0.4 is 5.32 Å². The van der Waals surface area contributed by atoms with Crippen molar-refractivity contribution in [3.8, 4) is 0 Å². The molecule has 0 spiro atoms. The van der Waals surface area contributed by atoms with Gasteiger partial charge in [-0.3, -0.25) is 14.9 Å². The van der Waals surface area contributed by atoms with E-state index in [9.17, 15) is 23.3 Å². The Morgan fingerprint density at radius 2 is 1.72 bits per heavy atom. The standard InChI is InChI=1S/C20H23N3O5S/c1-15-8-6-11-18(19(15)23(25)26)20(24)21-16-9-7-10-17(14-16)29(27,28)22-12-4-2-3-5-13-22/h6-11,14H,2-5,12-13H2,1H3,(H,21,24). The number of nitro groups is 1. The molecule has 2 aromatic rings. The van der Waals surface area contributed by atoms with Gasteiger partial charge >= 0.3 is 0 Å². The van der Waals surface area contributed by atoms with E-state index in [1.165, 1.54) is 22.5 Å². The van der Waals surface area contributed by atoms with Gasteiger partial charge < -0.3 is 5.32 Å². The summed E-state index contributed by atoms with van der Waals surface area (Å²) >= 11 is 0. The molecule has 1 fully saturated rings. The first kappa shape index (κ1) is 20.9. The molecule has 1 saturated heterocycles. The zero-order valence-electron chi connectivity index (χ0n) is 16.1. The summed E-state index contributed by atoms with van der Waals surface area (Å²) in [4.78, 5) is 23.5. The van der Waals surface area contributed by atoms with E-state index in [1.807, 2.05) is 0 Å². The molecule has 29 heavy (non-hydrogen) atoms. The third kappa shape index (κ3) is 4.63. The first-order valence-corrected chi connectivity index (χ1v) is 10.9. The molecule has 0 unspecified atom stereocenters. The second-order valence-corrected chi connectivity index (χ2v) is 8.97. The molecule has 1 aliphatic heterocycles. The normalized spacial score (nSPS) is 15.5. The summed E-state index contributed by atoms with van der Waals surface area (Å²) in [5, 5.41) is 13.9. The van der Waals surface area contributed by atoms with E-state index < -0.39 is 20.9 Å². The zero-order chi connectivity index (χ0) is 21.0. The number of aryl methyl sites for hydroxylation is 1. The lowest BCUT2D eigenvalue weighted by molar-refractivity contribution is -0.385. The minimum Gasteiger partial charge on any atom is -0.322 e. The van der Waals surface area contributed by atoms with Crippen molar-refractivity contribution in [1.29, 1.82) is 0 Å². The molecule has 1 aliphatic rings. The number of rotatable bonds is 5. The van der Waals surface area contributed by atoms with Gasteiger partial charge in [0.25, 0.3) is 11.6 Å². The highest BCUT2D eigenvalue weighted by molar-refractivity contribution is 7.89. The van der Waals surface area contributed by atoms with Crippen molar-refractivity contribution < 1.29 is 18.1 Å². The Labute approximate surface area is 169 Å². The summed E-state index contributed by atoms with van der Waals surface area (Å²) in [6, 6.07) is 10.5. The Hall–Kier alpha value is -2.78. The van der Waals surface area contributed by atoms with E-state index in [0.717, 1.165) is 25.7 Å². The van der Waals surface area contributed by atoms with Crippen molar-refractivity contribution >= 4 is 27.3 Å². The Balaban J connectivity index is 1.86. The second-order valence-electron chi connectivity index (χ2n) is 7.03. The third-order valence-electron chi connectivity index (χ3n) is 4.96. The number of hydrogen-bond donors (Lipinski definition) is 1. The number of nitro benzene ring substituents is 1. The first-order valence-electron chi connectivity index (χ1n) is 9.46. The number of para-hydroxylation sites is 1. The molecule has 0 atom stereocenters. The van der Waals surface area contributed by atoms with Crippen LogP contribution in [0.2, 0.25) is 0 Å². The van der Waals surface area contributed by atoms with Crippen LogP contribution in [-0.4, -0.2) is 36.6 Å². The molecule has 154 valence electrons. The van der Waals surface area contributed by atoms with E-state index in [4.69, 9.17) is 0 Å². The lowest BCUT2D eigenvalue weighted by atomic mass is 10.1. The van der Waals surface area contributed by atoms with Crippen LogP contribution >= 0.6 is 0 Å². The van der Waals surface area contributed by atoms with Gasteiger partial charge in [0.1, 0.15) is 5.56 Å².